The Balaban J connectivity index is 1.69. The molecule has 0 aromatic heterocycles. The molecule has 112 valence electrons. The van der Waals surface area contributed by atoms with E-state index in [0.717, 1.165) is 19.0 Å². The average molecular weight is 268 g/mol. The van der Waals surface area contributed by atoms with E-state index in [2.05, 4.69) is 37.9 Å². The summed E-state index contributed by atoms with van der Waals surface area (Å²) in [5.41, 5.74) is 0. The van der Waals surface area contributed by atoms with E-state index in [1.807, 2.05) is 0 Å². The van der Waals surface area contributed by atoms with Crippen molar-refractivity contribution in [1.82, 2.24) is 10.2 Å². The molecule has 1 N–H and O–H groups in total. The molecule has 3 heteroatoms. The summed E-state index contributed by atoms with van der Waals surface area (Å²) in [6.45, 7) is 12.5. The van der Waals surface area contributed by atoms with Crippen molar-refractivity contribution in [1.29, 1.82) is 0 Å². The lowest BCUT2D eigenvalue weighted by molar-refractivity contribution is 0.0156. The number of nitrogens with zero attached hydrogens (tertiary/aromatic N) is 1. The first-order chi connectivity index (χ1) is 9.04. The van der Waals surface area contributed by atoms with Gasteiger partial charge in [0.2, 0.25) is 0 Å². The molecule has 0 aromatic rings. The maximum Gasteiger partial charge on any atom is 0.0707 e. The molecule has 0 amide bonds. The van der Waals surface area contributed by atoms with E-state index in [1.165, 1.54) is 32.2 Å². The fraction of sp³-hybridized carbons (Fsp3) is 1.00. The molecular weight excluding hydrogens is 236 g/mol. The van der Waals surface area contributed by atoms with Gasteiger partial charge in [-0.2, -0.15) is 0 Å². The summed E-state index contributed by atoms with van der Waals surface area (Å²) < 4.78 is 6.19. The van der Waals surface area contributed by atoms with Gasteiger partial charge in [0, 0.05) is 31.7 Å². The summed E-state index contributed by atoms with van der Waals surface area (Å²) in [6.07, 6.45) is 6.23. The van der Waals surface area contributed by atoms with Crippen molar-refractivity contribution < 1.29 is 4.74 Å². The molecule has 1 heterocycles. The summed E-state index contributed by atoms with van der Waals surface area (Å²) in [4.78, 5) is 2.63. The first-order valence-electron chi connectivity index (χ1n) is 8.17. The first kappa shape index (κ1) is 15.3. The number of nitrogens with one attached hydrogen (secondary N) is 1. The fourth-order valence-electron chi connectivity index (χ4n) is 2.82. The molecule has 0 radical (unpaired) electrons. The van der Waals surface area contributed by atoms with Gasteiger partial charge in [-0.1, -0.05) is 13.8 Å². The zero-order valence-corrected chi connectivity index (χ0v) is 13.2. The second kappa shape index (κ2) is 7.05. The molecule has 1 saturated heterocycles. The molecule has 3 nitrogen and oxygen atoms in total. The minimum absolute atomic E-state index is 0.433. The van der Waals surface area contributed by atoms with Gasteiger partial charge < -0.3 is 10.1 Å². The van der Waals surface area contributed by atoms with Crippen LogP contribution in [0.15, 0.2) is 0 Å². The Labute approximate surface area is 119 Å². The third kappa shape index (κ3) is 5.41. The van der Waals surface area contributed by atoms with Crippen LogP contribution in [0.5, 0.6) is 0 Å². The van der Waals surface area contributed by atoms with Gasteiger partial charge in [0.05, 0.1) is 12.2 Å². The Morgan fingerprint density at radius 2 is 1.68 bits per heavy atom. The average Bonchev–Trinajstić information content (AvgIpc) is 3.04. The fourth-order valence-corrected chi connectivity index (χ4v) is 2.82. The normalized spacial score (nSPS) is 27.9. The van der Waals surface area contributed by atoms with Crippen LogP contribution >= 0.6 is 0 Å². The van der Waals surface area contributed by atoms with Gasteiger partial charge in [-0.05, 0) is 45.4 Å². The van der Waals surface area contributed by atoms with Crippen LogP contribution in [-0.2, 0) is 4.74 Å². The molecule has 0 bridgehead atoms. The molecular formula is C16H32N2O. The molecule has 1 saturated carbocycles. The van der Waals surface area contributed by atoms with Crippen LogP contribution in [0.25, 0.3) is 0 Å². The van der Waals surface area contributed by atoms with E-state index in [-0.39, 0.29) is 0 Å². The van der Waals surface area contributed by atoms with Gasteiger partial charge in [-0.3, -0.25) is 4.90 Å². The number of ether oxygens (including phenoxy) is 1. The number of rotatable bonds is 8. The summed E-state index contributed by atoms with van der Waals surface area (Å²) in [6, 6.07) is 1.21. The van der Waals surface area contributed by atoms with Crippen molar-refractivity contribution in [3.8, 4) is 0 Å². The molecule has 0 spiro atoms. The van der Waals surface area contributed by atoms with Crippen LogP contribution in [0.1, 0.15) is 53.4 Å². The molecule has 0 aromatic carbocycles. The van der Waals surface area contributed by atoms with E-state index in [1.54, 1.807) is 0 Å². The van der Waals surface area contributed by atoms with E-state index in [9.17, 15) is 0 Å². The zero-order chi connectivity index (χ0) is 13.8. The minimum atomic E-state index is 0.433. The molecule has 2 aliphatic rings. The monoisotopic (exact) mass is 268 g/mol. The molecule has 19 heavy (non-hydrogen) atoms. The largest absolute Gasteiger partial charge is 0.372 e. The van der Waals surface area contributed by atoms with Crippen LogP contribution < -0.4 is 5.32 Å². The van der Waals surface area contributed by atoms with E-state index >= 15 is 0 Å². The van der Waals surface area contributed by atoms with Gasteiger partial charge in [0.25, 0.3) is 0 Å². The van der Waals surface area contributed by atoms with Gasteiger partial charge >= 0.3 is 0 Å². The smallest absolute Gasteiger partial charge is 0.0707 e. The summed E-state index contributed by atoms with van der Waals surface area (Å²) in [7, 11) is 0. The quantitative estimate of drug-likeness (QED) is 0.732. The highest BCUT2D eigenvalue weighted by atomic mass is 16.5. The summed E-state index contributed by atoms with van der Waals surface area (Å²) >= 11 is 0. The summed E-state index contributed by atoms with van der Waals surface area (Å²) in [5, 5.41) is 3.49. The van der Waals surface area contributed by atoms with Crippen LogP contribution in [0, 0.1) is 5.92 Å². The lowest BCUT2D eigenvalue weighted by Crippen LogP contribution is -2.39. The molecule has 1 aliphatic heterocycles. The lowest BCUT2D eigenvalue weighted by Gasteiger charge is -2.29. The van der Waals surface area contributed by atoms with Crippen molar-refractivity contribution >= 4 is 0 Å². The molecule has 2 fully saturated rings. The molecule has 2 unspecified atom stereocenters. The topological polar surface area (TPSA) is 24.5 Å². The van der Waals surface area contributed by atoms with Crippen molar-refractivity contribution in [2.45, 2.75) is 77.7 Å². The second-order valence-corrected chi connectivity index (χ2v) is 7.01. The molecule has 2 atom stereocenters. The third-order valence-electron chi connectivity index (χ3n) is 4.31. The maximum absolute atomic E-state index is 6.19. The maximum atomic E-state index is 6.19. The SMILES string of the molecule is CC(C)NCC1CCC(CN(CC2CC2)C(C)C)O1. The van der Waals surface area contributed by atoms with Crippen LogP contribution in [0.4, 0.5) is 0 Å². The van der Waals surface area contributed by atoms with Gasteiger partial charge in [-0.25, -0.2) is 0 Å². The Hall–Kier alpha value is -0.120. The van der Waals surface area contributed by atoms with Crippen molar-refractivity contribution in [3.63, 3.8) is 0 Å². The van der Waals surface area contributed by atoms with Crippen LogP contribution in [-0.4, -0.2) is 48.8 Å². The standard InChI is InChI=1S/C16H32N2O/c1-12(2)17-9-15-7-8-16(19-15)11-18(13(3)4)10-14-5-6-14/h12-17H,5-11H2,1-4H3. The van der Waals surface area contributed by atoms with Crippen molar-refractivity contribution in [3.05, 3.63) is 0 Å². The predicted octanol–water partition coefficient (Wildman–Crippen LogP) is 2.65. The molecule has 1 aliphatic carbocycles. The highest BCUT2D eigenvalue weighted by Gasteiger charge is 2.30. The first-order valence-corrected chi connectivity index (χ1v) is 8.17. The zero-order valence-electron chi connectivity index (χ0n) is 13.2. The van der Waals surface area contributed by atoms with Crippen molar-refractivity contribution in [2.75, 3.05) is 19.6 Å². The van der Waals surface area contributed by atoms with Gasteiger partial charge in [-0.15, -0.1) is 0 Å². The number of hydrogen-bond donors (Lipinski definition) is 1. The predicted molar refractivity (Wildman–Crippen MR) is 80.5 cm³/mol. The Kier molecular flexibility index (Phi) is 5.67. The second-order valence-electron chi connectivity index (χ2n) is 7.01. The minimum Gasteiger partial charge on any atom is -0.372 e. The van der Waals surface area contributed by atoms with E-state index < -0.39 is 0 Å². The lowest BCUT2D eigenvalue weighted by atomic mass is 10.1. The Morgan fingerprint density at radius 1 is 1.00 bits per heavy atom. The van der Waals surface area contributed by atoms with Crippen LogP contribution in [0.2, 0.25) is 0 Å². The Bertz CT molecular complexity index is 263. The van der Waals surface area contributed by atoms with E-state index in [4.69, 9.17) is 4.74 Å². The highest BCUT2D eigenvalue weighted by Crippen LogP contribution is 2.31. The molecule has 2 rings (SSSR count). The third-order valence-corrected chi connectivity index (χ3v) is 4.31. The Morgan fingerprint density at radius 3 is 2.26 bits per heavy atom. The van der Waals surface area contributed by atoms with Crippen LogP contribution in [0.3, 0.4) is 0 Å². The number of hydrogen-bond acceptors (Lipinski definition) is 3. The summed E-state index contributed by atoms with van der Waals surface area (Å²) in [5.74, 6) is 0.974. The van der Waals surface area contributed by atoms with Gasteiger partial charge in [0.15, 0.2) is 0 Å². The van der Waals surface area contributed by atoms with E-state index in [0.29, 0.717) is 24.3 Å². The van der Waals surface area contributed by atoms with Crippen molar-refractivity contribution in [2.24, 2.45) is 5.92 Å². The van der Waals surface area contributed by atoms with Gasteiger partial charge in [0.1, 0.15) is 0 Å². The highest BCUT2D eigenvalue weighted by molar-refractivity contribution is 4.83.